The molecule has 0 aliphatic rings. The predicted octanol–water partition coefficient (Wildman–Crippen LogP) is 2.43. The first kappa shape index (κ1) is 13.0. The summed E-state index contributed by atoms with van der Waals surface area (Å²) < 4.78 is 2.91. The highest BCUT2D eigenvalue weighted by Crippen LogP contribution is 2.24. The lowest BCUT2D eigenvalue weighted by Gasteiger charge is -2.09. The molecule has 2 rings (SSSR count). The Morgan fingerprint density at radius 2 is 2.33 bits per heavy atom. The Bertz CT molecular complexity index is 579. The topological polar surface area (TPSA) is 55.9 Å². The number of thiocarbonyl (C=S) groups is 1. The number of rotatable bonds is 4. The second kappa shape index (κ2) is 5.49. The highest BCUT2D eigenvalue weighted by Gasteiger charge is 2.04. The molecule has 0 radical (unpaired) electrons. The van der Waals surface area contributed by atoms with Crippen LogP contribution >= 0.6 is 28.1 Å². The third-order valence-electron chi connectivity index (χ3n) is 2.61. The second-order valence-electron chi connectivity index (χ2n) is 3.87. The van der Waals surface area contributed by atoms with Crippen LogP contribution in [0.5, 0.6) is 0 Å². The molecule has 94 valence electrons. The zero-order valence-electron chi connectivity index (χ0n) is 9.85. The fourth-order valence-corrected chi connectivity index (χ4v) is 2.20. The first-order valence-electron chi connectivity index (χ1n) is 5.37. The van der Waals surface area contributed by atoms with Gasteiger partial charge in [-0.15, -0.1) is 0 Å². The van der Waals surface area contributed by atoms with Crippen molar-refractivity contribution in [3.63, 3.8) is 0 Å². The molecule has 3 N–H and O–H groups in total. The normalized spacial score (nSPS) is 10.3. The van der Waals surface area contributed by atoms with Crippen LogP contribution < -0.4 is 11.1 Å². The van der Waals surface area contributed by atoms with Crippen molar-refractivity contribution in [2.45, 2.75) is 6.54 Å². The third kappa shape index (κ3) is 2.88. The summed E-state index contributed by atoms with van der Waals surface area (Å²) in [5.74, 6) is 0.973. The Morgan fingerprint density at radius 3 is 2.89 bits per heavy atom. The van der Waals surface area contributed by atoms with Crippen LogP contribution in [0.15, 0.2) is 35.1 Å². The van der Waals surface area contributed by atoms with Crippen LogP contribution in [-0.2, 0) is 13.6 Å². The number of nitrogens with zero attached hydrogens (tertiary/aromatic N) is 2. The number of hydrogen-bond donors (Lipinski definition) is 2. The minimum Gasteiger partial charge on any atom is -0.389 e. The lowest BCUT2D eigenvalue weighted by Crippen LogP contribution is -2.10. The summed E-state index contributed by atoms with van der Waals surface area (Å²) in [6.07, 6.45) is 3.70. The number of benzene rings is 1. The number of nitrogens with one attached hydrogen (secondary N) is 1. The molecule has 0 aliphatic heterocycles. The van der Waals surface area contributed by atoms with E-state index in [2.05, 4.69) is 26.2 Å². The Balaban J connectivity index is 2.11. The lowest BCUT2D eigenvalue weighted by molar-refractivity contribution is 0.812. The van der Waals surface area contributed by atoms with Crippen molar-refractivity contribution >= 4 is 38.8 Å². The molecule has 6 heteroatoms. The van der Waals surface area contributed by atoms with Crippen molar-refractivity contribution in [1.29, 1.82) is 0 Å². The van der Waals surface area contributed by atoms with E-state index in [4.69, 9.17) is 18.0 Å². The zero-order valence-corrected chi connectivity index (χ0v) is 12.3. The van der Waals surface area contributed by atoms with Gasteiger partial charge >= 0.3 is 0 Å². The molecule has 0 saturated carbocycles. The van der Waals surface area contributed by atoms with Gasteiger partial charge < -0.3 is 15.6 Å². The van der Waals surface area contributed by atoms with Gasteiger partial charge in [0.25, 0.3) is 0 Å². The molecule has 4 nitrogen and oxygen atoms in total. The number of imidazole rings is 1. The van der Waals surface area contributed by atoms with Gasteiger partial charge in [0.05, 0.1) is 6.54 Å². The van der Waals surface area contributed by atoms with Gasteiger partial charge in [0, 0.05) is 35.2 Å². The van der Waals surface area contributed by atoms with Crippen molar-refractivity contribution < 1.29 is 0 Å². The largest absolute Gasteiger partial charge is 0.389 e. The van der Waals surface area contributed by atoms with E-state index in [9.17, 15) is 0 Å². The average molecular weight is 325 g/mol. The first-order valence-corrected chi connectivity index (χ1v) is 6.57. The molecular formula is C12H13BrN4S. The smallest absolute Gasteiger partial charge is 0.127 e. The number of hydrogen-bond acceptors (Lipinski definition) is 3. The Labute approximate surface area is 119 Å². The summed E-state index contributed by atoms with van der Waals surface area (Å²) in [6.45, 7) is 0.661. The van der Waals surface area contributed by atoms with Crippen LogP contribution in [0.3, 0.4) is 0 Å². The first-order chi connectivity index (χ1) is 8.58. The van der Waals surface area contributed by atoms with Crippen LogP contribution in [0, 0.1) is 0 Å². The maximum atomic E-state index is 5.58. The molecule has 0 saturated heterocycles. The van der Waals surface area contributed by atoms with Gasteiger partial charge in [-0.05, 0) is 34.1 Å². The number of halogens is 1. The lowest BCUT2D eigenvalue weighted by atomic mass is 10.2. The molecule has 0 bridgehead atoms. The van der Waals surface area contributed by atoms with Gasteiger partial charge in [0.2, 0.25) is 0 Å². The van der Waals surface area contributed by atoms with Gasteiger partial charge in [-0.1, -0.05) is 12.2 Å². The van der Waals surface area contributed by atoms with Gasteiger partial charge in [0.1, 0.15) is 10.8 Å². The molecule has 18 heavy (non-hydrogen) atoms. The summed E-state index contributed by atoms with van der Waals surface area (Å²) in [5.41, 5.74) is 7.41. The van der Waals surface area contributed by atoms with Crippen LogP contribution in [0.25, 0.3) is 0 Å². The summed E-state index contributed by atoms with van der Waals surface area (Å²) >= 11 is 8.43. The van der Waals surface area contributed by atoms with Crippen LogP contribution in [-0.4, -0.2) is 14.5 Å². The van der Waals surface area contributed by atoms with Crippen molar-refractivity contribution in [3.05, 3.63) is 46.5 Å². The van der Waals surface area contributed by atoms with Gasteiger partial charge in [0.15, 0.2) is 0 Å². The molecule has 1 aromatic heterocycles. The molecule has 1 heterocycles. The number of aromatic nitrogens is 2. The molecular weight excluding hydrogens is 312 g/mol. The molecule has 0 fully saturated rings. The number of aryl methyl sites for hydroxylation is 1. The predicted molar refractivity (Wildman–Crippen MR) is 80.6 cm³/mol. The Kier molecular flexibility index (Phi) is 3.98. The van der Waals surface area contributed by atoms with E-state index in [0.29, 0.717) is 11.5 Å². The summed E-state index contributed by atoms with van der Waals surface area (Å²) in [4.78, 5) is 4.65. The molecule has 0 unspecified atom stereocenters. The minimum absolute atomic E-state index is 0.395. The van der Waals surface area contributed by atoms with E-state index in [1.165, 1.54) is 0 Å². The minimum atomic E-state index is 0.395. The second-order valence-corrected chi connectivity index (χ2v) is 5.16. The van der Waals surface area contributed by atoms with Gasteiger partial charge in [-0.3, -0.25) is 0 Å². The summed E-state index contributed by atoms with van der Waals surface area (Å²) in [5, 5.41) is 3.31. The van der Waals surface area contributed by atoms with Crippen molar-refractivity contribution in [2.75, 3.05) is 5.32 Å². The third-order valence-corrected chi connectivity index (χ3v) is 3.50. The van der Waals surface area contributed by atoms with Crippen molar-refractivity contribution in [1.82, 2.24) is 9.55 Å². The van der Waals surface area contributed by atoms with E-state index < -0.39 is 0 Å². The molecule has 0 amide bonds. The maximum absolute atomic E-state index is 5.58. The highest BCUT2D eigenvalue weighted by atomic mass is 79.9. The van der Waals surface area contributed by atoms with Crippen LogP contribution in [0.1, 0.15) is 11.4 Å². The zero-order chi connectivity index (χ0) is 13.1. The van der Waals surface area contributed by atoms with E-state index >= 15 is 0 Å². The number of nitrogens with two attached hydrogens (primary N) is 1. The molecule has 0 atom stereocenters. The monoisotopic (exact) mass is 324 g/mol. The molecule has 0 spiro atoms. The molecule has 0 aliphatic carbocycles. The van der Waals surface area contributed by atoms with Gasteiger partial charge in [-0.25, -0.2) is 4.98 Å². The average Bonchev–Trinajstić information content (AvgIpc) is 2.73. The highest BCUT2D eigenvalue weighted by molar-refractivity contribution is 9.10. The summed E-state index contributed by atoms with van der Waals surface area (Å²) in [7, 11) is 1.97. The maximum Gasteiger partial charge on any atom is 0.127 e. The van der Waals surface area contributed by atoms with E-state index in [1.54, 1.807) is 6.20 Å². The quantitative estimate of drug-likeness (QED) is 0.848. The van der Waals surface area contributed by atoms with Gasteiger partial charge in [-0.2, -0.15) is 0 Å². The van der Waals surface area contributed by atoms with E-state index in [0.717, 1.165) is 21.5 Å². The fourth-order valence-electron chi connectivity index (χ4n) is 1.55. The molecule has 1 aromatic carbocycles. The van der Waals surface area contributed by atoms with E-state index in [-0.39, 0.29) is 0 Å². The van der Waals surface area contributed by atoms with Crippen molar-refractivity contribution in [2.24, 2.45) is 12.8 Å². The standard InChI is InChI=1S/C12H13BrN4S/c1-17-5-4-15-11(17)7-16-10-3-2-8(12(14)18)6-9(10)13/h2-6,16H,7H2,1H3,(H2,14,18). The van der Waals surface area contributed by atoms with Crippen LogP contribution in [0.4, 0.5) is 5.69 Å². The molecule has 2 aromatic rings. The Morgan fingerprint density at radius 1 is 1.56 bits per heavy atom. The van der Waals surface area contributed by atoms with Crippen molar-refractivity contribution in [3.8, 4) is 0 Å². The fraction of sp³-hybridized carbons (Fsp3) is 0.167. The number of anilines is 1. The summed E-state index contributed by atoms with van der Waals surface area (Å²) in [6, 6.07) is 5.75. The Hall–Kier alpha value is -1.40. The van der Waals surface area contributed by atoms with E-state index in [1.807, 2.05) is 36.0 Å². The SMILES string of the molecule is Cn1ccnc1CNc1ccc(C(N)=S)cc1Br. The van der Waals surface area contributed by atoms with Crippen LogP contribution in [0.2, 0.25) is 0 Å².